The number of likely N-dealkylation sites (N-methyl/N-ethyl adjacent to an activating group) is 1. The summed E-state index contributed by atoms with van der Waals surface area (Å²) >= 11 is 0. The maximum absolute atomic E-state index is 12.3. The van der Waals surface area contributed by atoms with E-state index < -0.39 is 0 Å². The molecule has 1 fully saturated rings. The number of benzene rings is 1. The molecule has 0 bridgehead atoms. The molecule has 1 saturated heterocycles. The zero-order valence-electron chi connectivity index (χ0n) is 15.1. The number of piperazine rings is 1. The smallest absolute Gasteiger partial charge is 0.238 e. The Morgan fingerprint density at radius 2 is 2.00 bits per heavy atom. The van der Waals surface area contributed by atoms with Crippen molar-refractivity contribution < 1.29 is 14.3 Å². The number of para-hydroxylation sites is 2. The van der Waals surface area contributed by atoms with E-state index in [2.05, 4.69) is 10.6 Å². The number of nitrogens with one attached hydrogen (secondary N) is 2. The fraction of sp³-hybridized carbons (Fsp3) is 0.556. The van der Waals surface area contributed by atoms with Gasteiger partial charge in [-0.1, -0.05) is 19.1 Å². The Labute approximate surface area is 149 Å². The average molecular weight is 348 g/mol. The molecular formula is C18H28N4O3. The number of nitrogens with zero attached hydrogens (tertiary/aromatic N) is 2. The van der Waals surface area contributed by atoms with Crippen LogP contribution in [0, 0.1) is 0 Å². The molecule has 2 amide bonds. The lowest BCUT2D eigenvalue weighted by molar-refractivity contribution is -0.132. The number of hydrogen-bond donors (Lipinski definition) is 2. The van der Waals surface area contributed by atoms with Gasteiger partial charge in [-0.3, -0.25) is 14.5 Å². The Hall–Kier alpha value is -2.12. The number of rotatable bonds is 8. The summed E-state index contributed by atoms with van der Waals surface area (Å²) < 4.78 is 5.24. The van der Waals surface area contributed by atoms with Gasteiger partial charge >= 0.3 is 0 Å². The molecule has 0 aliphatic carbocycles. The van der Waals surface area contributed by atoms with Gasteiger partial charge in [-0.15, -0.1) is 0 Å². The number of carbonyl (C=O) groups excluding carboxylic acids is 2. The Bertz CT molecular complexity index is 573. The highest BCUT2D eigenvalue weighted by atomic mass is 16.5. The minimum absolute atomic E-state index is 0.110. The second kappa shape index (κ2) is 10.0. The van der Waals surface area contributed by atoms with Crippen LogP contribution in [0.4, 0.5) is 5.69 Å². The zero-order chi connectivity index (χ0) is 18.1. The molecule has 7 nitrogen and oxygen atoms in total. The molecule has 2 N–H and O–H groups in total. The van der Waals surface area contributed by atoms with Crippen LogP contribution in [-0.2, 0) is 9.59 Å². The van der Waals surface area contributed by atoms with Crippen molar-refractivity contribution in [3.63, 3.8) is 0 Å². The van der Waals surface area contributed by atoms with Gasteiger partial charge in [0.05, 0.1) is 19.3 Å². The molecule has 1 aliphatic heterocycles. The molecule has 0 spiro atoms. The van der Waals surface area contributed by atoms with Crippen LogP contribution in [0.5, 0.6) is 5.75 Å². The third-order valence-corrected chi connectivity index (χ3v) is 4.31. The number of hydrogen-bond acceptors (Lipinski definition) is 5. The summed E-state index contributed by atoms with van der Waals surface area (Å²) in [5, 5.41) is 6.10. The number of methoxy groups -OCH3 is 1. The Balaban J connectivity index is 1.80. The fourth-order valence-electron chi connectivity index (χ4n) is 2.82. The second-order valence-electron chi connectivity index (χ2n) is 6.00. The zero-order valence-corrected chi connectivity index (χ0v) is 15.1. The largest absolute Gasteiger partial charge is 0.495 e. The predicted molar refractivity (Wildman–Crippen MR) is 97.8 cm³/mol. The molecule has 1 aliphatic rings. The van der Waals surface area contributed by atoms with Crippen molar-refractivity contribution in [2.75, 3.05) is 58.2 Å². The Kier molecular flexibility index (Phi) is 7.69. The fourth-order valence-corrected chi connectivity index (χ4v) is 2.82. The molecule has 0 atom stereocenters. The Morgan fingerprint density at radius 1 is 1.28 bits per heavy atom. The first-order valence-electron chi connectivity index (χ1n) is 8.77. The van der Waals surface area contributed by atoms with Crippen molar-refractivity contribution in [3.8, 4) is 5.75 Å². The normalized spacial score (nSPS) is 14.4. The summed E-state index contributed by atoms with van der Waals surface area (Å²) in [5.74, 6) is 0.679. The lowest BCUT2D eigenvalue weighted by atomic mass is 10.2. The molecule has 1 heterocycles. The minimum atomic E-state index is -0.110. The lowest BCUT2D eigenvalue weighted by Gasteiger charge is -2.28. The number of amides is 2. The van der Waals surface area contributed by atoms with Gasteiger partial charge in [0.15, 0.2) is 0 Å². The molecule has 138 valence electrons. The molecule has 0 saturated carbocycles. The first-order chi connectivity index (χ1) is 12.1. The van der Waals surface area contributed by atoms with E-state index >= 15 is 0 Å². The number of carbonyl (C=O) groups is 2. The number of anilines is 1. The van der Waals surface area contributed by atoms with Crippen molar-refractivity contribution >= 4 is 17.5 Å². The van der Waals surface area contributed by atoms with E-state index in [-0.39, 0.29) is 18.4 Å². The molecule has 2 rings (SSSR count). The molecule has 1 aromatic rings. The van der Waals surface area contributed by atoms with Gasteiger partial charge in [0.25, 0.3) is 0 Å². The van der Waals surface area contributed by atoms with E-state index in [1.165, 1.54) is 0 Å². The first-order valence-corrected chi connectivity index (χ1v) is 8.77. The SMILES string of the molecule is CCN(CCC(=O)N1CCNCC1)CC(=O)Nc1ccccc1OC. The third kappa shape index (κ3) is 6.03. The van der Waals surface area contributed by atoms with Crippen LogP contribution in [0.25, 0.3) is 0 Å². The van der Waals surface area contributed by atoms with Crippen LogP contribution in [0.1, 0.15) is 13.3 Å². The van der Waals surface area contributed by atoms with Crippen LogP contribution in [0.3, 0.4) is 0 Å². The van der Waals surface area contributed by atoms with Crippen LogP contribution in [0.15, 0.2) is 24.3 Å². The van der Waals surface area contributed by atoms with Gasteiger partial charge in [-0.2, -0.15) is 0 Å². The van der Waals surface area contributed by atoms with Gasteiger partial charge in [0.1, 0.15) is 5.75 Å². The van der Waals surface area contributed by atoms with E-state index in [0.29, 0.717) is 30.9 Å². The highest BCUT2D eigenvalue weighted by molar-refractivity contribution is 5.93. The molecule has 25 heavy (non-hydrogen) atoms. The molecule has 0 aromatic heterocycles. The van der Waals surface area contributed by atoms with Crippen molar-refractivity contribution in [2.45, 2.75) is 13.3 Å². The molecule has 1 aromatic carbocycles. The summed E-state index contributed by atoms with van der Waals surface area (Å²) in [4.78, 5) is 28.4. The van der Waals surface area contributed by atoms with Gasteiger partial charge in [0, 0.05) is 39.1 Å². The van der Waals surface area contributed by atoms with Crippen molar-refractivity contribution in [2.24, 2.45) is 0 Å². The monoisotopic (exact) mass is 348 g/mol. The van der Waals surface area contributed by atoms with Crippen LogP contribution >= 0.6 is 0 Å². The highest BCUT2D eigenvalue weighted by Gasteiger charge is 2.18. The lowest BCUT2D eigenvalue weighted by Crippen LogP contribution is -2.47. The van der Waals surface area contributed by atoms with Crippen molar-refractivity contribution in [1.82, 2.24) is 15.1 Å². The van der Waals surface area contributed by atoms with Gasteiger partial charge < -0.3 is 20.3 Å². The van der Waals surface area contributed by atoms with E-state index in [1.54, 1.807) is 19.2 Å². The molecule has 7 heteroatoms. The second-order valence-corrected chi connectivity index (χ2v) is 6.00. The van der Waals surface area contributed by atoms with Crippen molar-refractivity contribution in [3.05, 3.63) is 24.3 Å². The first kappa shape index (κ1) is 19.2. The standard InChI is InChI=1S/C18H28N4O3/c1-3-21(11-8-18(24)22-12-9-19-10-13-22)14-17(23)20-15-6-4-5-7-16(15)25-2/h4-7,19H,3,8-14H2,1-2H3,(H,20,23). The predicted octanol–water partition coefficient (Wildman–Crippen LogP) is 0.778. The van der Waals surface area contributed by atoms with Gasteiger partial charge in [-0.25, -0.2) is 0 Å². The summed E-state index contributed by atoms with van der Waals surface area (Å²) in [6.45, 7) is 6.77. The number of ether oxygens (including phenoxy) is 1. The van der Waals surface area contributed by atoms with E-state index in [1.807, 2.05) is 28.9 Å². The maximum atomic E-state index is 12.3. The van der Waals surface area contributed by atoms with Gasteiger partial charge in [0.2, 0.25) is 11.8 Å². The minimum Gasteiger partial charge on any atom is -0.495 e. The van der Waals surface area contributed by atoms with Crippen LogP contribution in [-0.4, -0.2) is 74.5 Å². The average Bonchev–Trinajstić information content (AvgIpc) is 2.65. The Morgan fingerprint density at radius 3 is 2.68 bits per heavy atom. The van der Waals surface area contributed by atoms with E-state index in [0.717, 1.165) is 26.2 Å². The van der Waals surface area contributed by atoms with Crippen molar-refractivity contribution in [1.29, 1.82) is 0 Å². The molecule has 0 unspecified atom stereocenters. The topological polar surface area (TPSA) is 73.9 Å². The van der Waals surface area contributed by atoms with Crippen LogP contribution < -0.4 is 15.4 Å². The quantitative estimate of drug-likeness (QED) is 0.726. The summed E-state index contributed by atoms with van der Waals surface area (Å²) in [6.07, 6.45) is 0.440. The summed E-state index contributed by atoms with van der Waals surface area (Å²) in [7, 11) is 1.57. The highest BCUT2D eigenvalue weighted by Crippen LogP contribution is 2.22. The molecular weight excluding hydrogens is 320 g/mol. The summed E-state index contributed by atoms with van der Waals surface area (Å²) in [5.41, 5.74) is 0.656. The van der Waals surface area contributed by atoms with E-state index in [4.69, 9.17) is 4.74 Å². The summed E-state index contributed by atoms with van der Waals surface area (Å²) in [6, 6.07) is 7.32. The molecule has 0 radical (unpaired) electrons. The van der Waals surface area contributed by atoms with Gasteiger partial charge in [-0.05, 0) is 18.7 Å². The van der Waals surface area contributed by atoms with Crippen LogP contribution in [0.2, 0.25) is 0 Å². The van der Waals surface area contributed by atoms with E-state index in [9.17, 15) is 9.59 Å². The maximum Gasteiger partial charge on any atom is 0.238 e. The third-order valence-electron chi connectivity index (χ3n) is 4.31.